The summed E-state index contributed by atoms with van der Waals surface area (Å²) in [4.78, 5) is 0. The number of hydrogen-bond acceptors (Lipinski definition) is 4. The summed E-state index contributed by atoms with van der Waals surface area (Å²) in [7, 11) is -2.81. The van der Waals surface area contributed by atoms with Crippen LogP contribution in [0, 0.1) is 0 Å². The molecule has 0 radical (unpaired) electrons. The Hall–Kier alpha value is 0.260. The van der Waals surface area contributed by atoms with Crippen molar-refractivity contribution in [2.45, 2.75) is 25.8 Å². The summed E-state index contributed by atoms with van der Waals surface area (Å²) in [5, 5.41) is 3.36. The zero-order chi connectivity index (χ0) is 11.0. The van der Waals surface area contributed by atoms with Crippen LogP contribution in [0.15, 0.2) is 0 Å². The molecule has 0 aliphatic rings. The van der Waals surface area contributed by atoms with Gasteiger partial charge in [-0.2, -0.15) is 11.8 Å². The lowest BCUT2D eigenvalue weighted by Crippen LogP contribution is -2.33. The van der Waals surface area contributed by atoms with Gasteiger partial charge in [0.2, 0.25) is 0 Å². The van der Waals surface area contributed by atoms with Crippen molar-refractivity contribution in [3.63, 3.8) is 0 Å². The first-order valence-corrected chi connectivity index (χ1v) is 8.35. The first-order chi connectivity index (χ1) is 6.49. The quantitative estimate of drug-likeness (QED) is 0.690. The van der Waals surface area contributed by atoms with Gasteiger partial charge in [-0.05, 0) is 25.6 Å². The first kappa shape index (κ1) is 14.3. The largest absolute Gasteiger partial charge is 0.313 e. The average molecular weight is 239 g/mol. The third kappa shape index (κ3) is 8.84. The maximum atomic E-state index is 11.0. The molecule has 0 saturated heterocycles. The second-order valence-electron chi connectivity index (χ2n) is 3.52. The smallest absolute Gasteiger partial charge is 0.147 e. The van der Waals surface area contributed by atoms with Crippen molar-refractivity contribution < 1.29 is 8.42 Å². The van der Waals surface area contributed by atoms with Crippen LogP contribution in [-0.2, 0) is 9.84 Å². The van der Waals surface area contributed by atoms with Gasteiger partial charge in [0, 0.05) is 18.1 Å². The molecule has 5 heteroatoms. The number of nitrogens with one attached hydrogen (secondary N) is 1. The summed E-state index contributed by atoms with van der Waals surface area (Å²) >= 11 is 1.75. The van der Waals surface area contributed by atoms with Crippen LogP contribution < -0.4 is 5.32 Å². The Morgan fingerprint density at radius 2 is 2.07 bits per heavy atom. The molecule has 0 bridgehead atoms. The molecule has 0 spiro atoms. The fourth-order valence-corrected chi connectivity index (χ4v) is 2.55. The summed E-state index contributed by atoms with van der Waals surface area (Å²) in [6.07, 6.45) is 5.15. The maximum absolute atomic E-state index is 11.0. The van der Waals surface area contributed by atoms with Crippen LogP contribution >= 0.6 is 11.8 Å². The van der Waals surface area contributed by atoms with E-state index in [1.54, 1.807) is 11.8 Å². The first-order valence-electron chi connectivity index (χ1n) is 4.89. The Balaban J connectivity index is 3.84. The van der Waals surface area contributed by atoms with Crippen molar-refractivity contribution in [2.24, 2.45) is 0 Å². The van der Waals surface area contributed by atoms with Gasteiger partial charge in [-0.3, -0.25) is 0 Å². The van der Waals surface area contributed by atoms with Gasteiger partial charge in [-0.25, -0.2) is 8.42 Å². The van der Waals surface area contributed by atoms with E-state index in [9.17, 15) is 8.42 Å². The highest BCUT2D eigenvalue weighted by molar-refractivity contribution is 7.98. The lowest BCUT2D eigenvalue weighted by Gasteiger charge is -2.16. The number of rotatable bonds is 8. The highest BCUT2D eigenvalue weighted by Crippen LogP contribution is 2.03. The Bertz CT molecular complexity index is 227. The minimum atomic E-state index is -2.81. The van der Waals surface area contributed by atoms with E-state index in [2.05, 4.69) is 12.2 Å². The number of thioether (sulfide) groups is 1. The normalized spacial score (nSPS) is 14.2. The molecular weight excluding hydrogens is 218 g/mol. The van der Waals surface area contributed by atoms with Gasteiger partial charge < -0.3 is 5.32 Å². The molecule has 0 heterocycles. The molecule has 0 rings (SSSR count). The molecule has 14 heavy (non-hydrogen) atoms. The number of sulfone groups is 1. The SMILES string of the molecule is CCCNC(CCS(C)(=O)=O)CSC. The minimum Gasteiger partial charge on any atom is -0.313 e. The summed E-state index contributed by atoms with van der Waals surface area (Å²) in [5.74, 6) is 1.27. The van der Waals surface area contributed by atoms with Crippen molar-refractivity contribution in [2.75, 3.05) is 30.6 Å². The predicted octanol–water partition coefficient (Wildman–Crippen LogP) is 1.15. The van der Waals surface area contributed by atoms with E-state index in [1.165, 1.54) is 6.26 Å². The molecule has 1 N–H and O–H groups in total. The fourth-order valence-electron chi connectivity index (χ4n) is 1.15. The second-order valence-corrected chi connectivity index (χ2v) is 6.70. The lowest BCUT2D eigenvalue weighted by molar-refractivity contribution is 0.532. The molecule has 3 nitrogen and oxygen atoms in total. The summed E-state index contributed by atoms with van der Waals surface area (Å²) in [6.45, 7) is 3.08. The van der Waals surface area contributed by atoms with Gasteiger partial charge in [-0.15, -0.1) is 0 Å². The van der Waals surface area contributed by atoms with Crippen molar-refractivity contribution in [3.8, 4) is 0 Å². The van der Waals surface area contributed by atoms with Crippen LogP contribution in [0.25, 0.3) is 0 Å². The van der Waals surface area contributed by atoms with Crippen LogP contribution in [0.3, 0.4) is 0 Å². The van der Waals surface area contributed by atoms with E-state index in [0.717, 1.165) is 25.1 Å². The van der Waals surface area contributed by atoms with Crippen molar-refractivity contribution in [1.29, 1.82) is 0 Å². The Labute approximate surface area is 92.0 Å². The topological polar surface area (TPSA) is 46.2 Å². The van der Waals surface area contributed by atoms with E-state index in [1.807, 2.05) is 6.26 Å². The summed E-state index contributed by atoms with van der Waals surface area (Å²) in [5.41, 5.74) is 0. The van der Waals surface area contributed by atoms with Gasteiger partial charge >= 0.3 is 0 Å². The fraction of sp³-hybridized carbons (Fsp3) is 1.00. The zero-order valence-corrected chi connectivity index (χ0v) is 10.9. The Kier molecular flexibility index (Phi) is 7.68. The second kappa shape index (κ2) is 7.54. The Morgan fingerprint density at radius 3 is 2.50 bits per heavy atom. The van der Waals surface area contributed by atoms with Gasteiger partial charge in [0.25, 0.3) is 0 Å². The van der Waals surface area contributed by atoms with E-state index >= 15 is 0 Å². The van der Waals surface area contributed by atoms with Crippen molar-refractivity contribution in [1.82, 2.24) is 5.32 Å². The predicted molar refractivity (Wildman–Crippen MR) is 64.8 cm³/mol. The molecule has 0 aromatic carbocycles. The van der Waals surface area contributed by atoms with Gasteiger partial charge in [0.05, 0.1) is 5.75 Å². The zero-order valence-electron chi connectivity index (χ0n) is 9.25. The molecule has 0 aliphatic heterocycles. The summed E-state index contributed by atoms with van der Waals surface area (Å²) < 4.78 is 22.0. The molecule has 0 amide bonds. The van der Waals surface area contributed by atoms with Gasteiger partial charge in [0.1, 0.15) is 9.84 Å². The van der Waals surface area contributed by atoms with E-state index in [4.69, 9.17) is 0 Å². The van der Waals surface area contributed by atoms with Gasteiger partial charge in [-0.1, -0.05) is 6.92 Å². The number of hydrogen-bond donors (Lipinski definition) is 1. The molecular formula is C9H21NO2S2. The van der Waals surface area contributed by atoms with Crippen LogP contribution in [0.4, 0.5) is 0 Å². The highest BCUT2D eigenvalue weighted by Gasteiger charge is 2.10. The molecule has 86 valence electrons. The standard InChI is InChI=1S/C9H21NO2S2/c1-4-6-10-9(8-13-2)5-7-14(3,11)12/h9-10H,4-8H2,1-3H3. The average Bonchev–Trinajstić information content (AvgIpc) is 2.08. The van der Waals surface area contributed by atoms with Crippen LogP contribution in [0.1, 0.15) is 19.8 Å². The van der Waals surface area contributed by atoms with E-state index in [-0.39, 0.29) is 5.75 Å². The van der Waals surface area contributed by atoms with E-state index < -0.39 is 9.84 Å². The lowest BCUT2D eigenvalue weighted by atomic mass is 10.2. The maximum Gasteiger partial charge on any atom is 0.147 e. The van der Waals surface area contributed by atoms with Crippen LogP contribution in [0.5, 0.6) is 0 Å². The van der Waals surface area contributed by atoms with E-state index in [0.29, 0.717) is 6.04 Å². The molecule has 0 saturated carbocycles. The van der Waals surface area contributed by atoms with Crippen molar-refractivity contribution >= 4 is 21.6 Å². The summed E-state index contributed by atoms with van der Waals surface area (Å²) in [6, 6.07) is 0.333. The monoisotopic (exact) mass is 239 g/mol. The van der Waals surface area contributed by atoms with Gasteiger partial charge in [0.15, 0.2) is 0 Å². The third-order valence-electron chi connectivity index (χ3n) is 1.89. The molecule has 0 fully saturated rings. The third-order valence-corrected chi connectivity index (χ3v) is 3.60. The Morgan fingerprint density at radius 1 is 1.43 bits per heavy atom. The minimum absolute atomic E-state index is 0.287. The highest BCUT2D eigenvalue weighted by atomic mass is 32.2. The van der Waals surface area contributed by atoms with Crippen LogP contribution in [-0.4, -0.2) is 45.0 Å². The molecule has 0 aromatic heterocycles. The molecule has 0 aromatic rings. The molecule has 0 aliphatic carbocycles. The molecule has 1 unspecified atom stereocenters. The van der Waals surface area contributed by atoms with Crippen molar-refractivity contribution in [3.05, 3.63) is 0 Å². The van der Waals surface area contributed by atoms with Crippen LogP contribution in [0.2, 0.25) is 0 Å². The molecule has 1 atom stereocenters.